The van der Waals surface area contributed by atoms with Crippen LogP contribution in [0.5, 0.6) is 5.75 Å². The van der Waals surface area contributed by atoms with Crippen LogP contribution in [0.2, 0.25) is 0 Å². The minimum absolute atomic E-state index is 0.133. The maximum absolute atomic E-state index is 7.08. The van der Waals surface area contributed by atoms with E-state index in [1.807, 2.05) is 24.1 Å². The van der Waals surface area contributed by atoms with E-state index >= 15 is 0 Å². The van der Waals surface area contributed by atoms with Gasteiger partial charge in [-0.15, -0.1) is 0 Å². The smallest absolute Gasteiger partial charge is 0.283 e. The van der Waals surface area contributed by atoms with E-state index < -0.39 is 9.04 Å². The van der Waals surface area contributed by atoms with Crippen LogP contribution in [-0.2, 0) is 28.5 Å². The molecule has 5 aromatic rings. The second kappa shape index (κ2) is 15.3. The minimum atomic E-state index is -1.36. The van der Waals surface area contributed by atoms with E-state index in [2.05, 4.69) is 147 Å². The SMILES string of the molecule is COc1ccc(CN2Cc3ccc(Nc4cc(C5CCC(O[Si](c6ccccc6)c6ccc(C(C)(C)C)cc6)CC5)nn4C(C)(C)C)cc3S2)cc1. The van der Waals surface area contributed by atoms with Gasteiger partial charge in [-0.1, -0.05) is 93.6 Å². The number of aromatic nitrogens is 2. The van der Waals surface area contributed by atoms with Gasteiger partial charge in [-0.2, -0.15) is 5.10 Å². The highest BCUT2D eigenvalue weighted by atomic mass is 32.2. The second-order valence-electron chi connectivity index (χ2n) is 16.3. The van der Waals surface area contributed by atoms with Crippen molar-refractivity contribution in [1.82, 2.24) is 14.1 Å². The van der Waals surface area contributed by atoms with Crippen molar-refractivity contribution in [3.8, 4) is 5.75 Å². The fourth-order valence-electron chi connectivity index (χ4n) is 7.24. The fourth-order valence-corrected chi connectivity index (χ4v) is 10.5. The molecule has 8 heteroatoms. The number of benzene rings is 4. The quantitative estimate of drug-likeness (QED) is 0.114. The van der Waals surface area contributed by atoms with Gasteiger partial charge in [0.25, 0.3) is 9.04 Å². The molecule has 2 heterocycles. The van der Waals surface area contributed by atoms with E-state index in [9.17, 15) is 0 Å². The number of methoxy groups -OCH3 is 1. The van der Waals surface area contributed by atoms with Crippen LogP contribution in [0.1, 0.15) is 95.5 Å². The van der Waals surface area contributed by atoms with Gasteiger partial charge >= 0.3 is 0 Å². The van der Waals surface area contributed by atoms with E-state index in [0.717, 1.165) is 56.0 Å². The summed E-state index contributed by atoms with van der Waals surface area (Å²) in [4.78, 5) is 1.31. The van der Waals surface area contributed by atoms with Crippen molar-refractivity contribution in [3.63, 3.8) is 0 Å². The topological polar surface area (TPSA) is 51.6 Å². The fraction of sp³-hybridized carbons (Fsp3) is 0.386. The monoisotopic (exact) mass is 729 g/mol. The molecule has 2 aliphatic rings. The Morgan fingerprint density at radius 1 is 0.808 bits per heavy atom. The van der Waals surface area contributed by atoms with Crippen LogP contribution in [0.15, 0.2) is 108 Å². The lowest BCUT2D eigenvalue weighted by atomic mass is 9.85. The lowest BCUT2D eigenvalue weighted by molar-refractivity contribution is 0.150. The molecule has 0 saturated heterocycles. The predicted molar refractivity (Wildman–Crippen MR) is 218 cm³/mol. The number of hydrogen-bond acceptors (Lipinski definition) is 6. The molecule has 1 aromatic heterocycles. The molecule has 0 atom stereocenters. The molecule has 0 unspecified atom stereocenters. The first-order chi connectivity index (χ1) is 24.9. The first-order valence-corrected chi connectivity index (χ1v) is 20.9. The van der Waals surface area contributed by atoms with E-state index in [1.165, 1.54) is 37.7 Å². The summed E-state index contributed by atoms with van der Waals surface area (Å²) in [5, 5.41) is 11.6. The van der Waals surface area contributed by atoms with Crippen molar-refractivity contribution in [1.29, 1.82) is 0 Å². The third-order valence-electron chi connectivity index (χ3n) is 10.2. The van der Waals surface area contributed by atoms with E-state index in [1.54, 1.807) is 7.11 Å². The summed E-state index contributed by atoms with van der Waals surface area (Å²) in [6.45, 7) is 15.3. The van der Waals surface area contributed by atoms with Crippen LogP contribution >= 0.6 is 11.9 Å². The number of anilines is 2. The molecular weight excluding hydrogens is 677 g/mol. The third kappa shape index (κ3) is 8.52. The van der Waals surface area contributed by atoms with Gasteiger partial charge in [-0.25, -0.2) is 8.99 Å². The van der Waals surface area contributed by atoms with Crippen LogP contribution in [-0.4, -0.2) is 36.3 Å². The zero-order valence-corrected chi connectivity index (χ0v) is 33.6. The average molecular weight is 730 g/mol. The molecule has 4 aromatic carbocycles. The maximum atomic E-state index is 7.08. The summed E-state index contributed by atoms with van der Waals surface area (Å²) < 4.78 is 17.0. The van der Waals surface area contributed by atoms with Crippen molar-refractivity contribution in [2.45, 2.75) is 108 Å². The largest absolute Gasteiger partial charge is 0.497 e. The molecule has 1 aliphatic heterocycles. The minimum Gasteiger partial charge on any atom is -0.497 e. The standard InChI is InChI=1S/C44H53N4O2SSi/c1-43(2,3)34-18-25-39(26-19-34)52(38-11-9-8-10-12-38)50-37-23-16-32(17-24-37)40-28-42(48(46-40)44(4,5)6)45-35-20-15-33-30-47(51-41(33)27-35)29-31-13-21-36(49-7)22-14-31/h8-15,18-22,25-28,32,37,45H,16-17,23-24,29-30H2,1-7H3. The summed E-state index contributed by atoms with van der Waals surface area (Å²) in [7, 11) is 0.347. The van der Waals surface area contributed by atoms with Crippen LogP contribution < -0.4 is 20.4 Å². The van der Waals surface area contributed by atoms with E-state index in [4.69, 9.17) is 14.3 Å². The lowest BCUT2D eigenvalue weighted by Gasteiger charge is -2.31. The van der Waals surface area contributed by atoms with E-state index in [-0.39, 0.29) is 17.1 Å². The highest BCUT2D eigenvalue weighted by Crippen LogP contribution is 2.40. The molecule has 1 aliphatic carbocycles. The highest BCUT2D eigenvalue weighted by molar-refractivity contribution is 7.97. The van der Waals surface area contributed by atoms with Gasteiger partial charge < -0.3 is 14.5 Å². The first kappa shape index (κ1) is 36.5. The first-order valence-electron chi connectivity index (χ1n) is 18.7. The molecule has 52 heavy (non-hydrogen) atoms. The molecule has 1 N–H and O–H groups in total. The maximum Gasteiger partial charge on any atom is 0.283 e. The van der Waals surface area contributed by atoms with Gasteiger partial charge in [-0.05, 0) is 115 Å². The van der Waals surface area contributed by atoms with Gasteiger partial charge in [0, 0.05) is 41.8 Å². The van der Waals surface area contributed by atoms with Crippen LogP contribution in [0.25, 0.3) is 0 Å². The van der Waals surface area contributed by atoms with Crippen molar-refractivity contribution >= 4 is 42.9 Å². The molecular formula is C44H53N4O2SSi. The van der Waals surface area contributed by atoms with Crippen molar-refractivity contribution < 1.29 is 9.16 Å². The summed E-state index contributed by atoms with van der Waals surface area (Å²) in [5.41, 5.74) is 6.26. The van der Waals surface area contributed by atoms with Gasteiger partial charge in [-0.3, -0.25) is 0 Å². The molecule has 0 amide bonds. The number of ether oxygens (including phenoxy) is 1. The van der Waals surface area contributed by atoms with Gasteiger partial charge in [0.05, 0.1) is 18.3 Å². The summed E-state index contributed by atoms with van der Waals surface area (Å²) in [6, 6.07) is 37.5. The zero-order chi connectivity index (χ0) is 36.5. The molecule has 1 radical (unpaired) electrons. The second-order valence-corrected chi connectivity index (χ2v) is 19.5. The third-order valence-corrected chi connectivity index (χ3v) is 13.6. The van der Waals surface area contributed by atoms with Crippen LogP contribution in [0, 0.1) is 0 Å². The summed E-state index contributed by atoms with van der Waals surface area (Å²) >= 11 is 1.84. The van der Waals surface area contributed by atoms with Crippen LogP contribution in [0.3, 0.4) is 0 Å². The Kier molecular flexibility index (Phi) is 10.7. The molecule has 1 fully saturated rings. The number of fused-ring (bicyclic) bond motifs is 1. The van der Waals surface area contributed by atoms with Crippen molar-refractivity contribution in [3.05, 3.63) is 126 Å². The number of hydrogen-bond donors (Lipinski definition) is 1. The normalized spacial score (nSPS) is 18.1. The summed E-state index contributed by atoms with van der Waals surface area (Å²) in [5.74, 6) is 2.36. The van der Waals surface area contributed by atoms with Gasteiger partial charge in [0.15, 0.2) is 0 Å². The molecule has 7 rings (SSSR count). The predicted octanol–water partition coefficient (Wildman–Crippen LogP) is 9.56. The van der Waals surface area contributed by atoms with Gasteiger partial charge in [0.1, 0.15) is 11.6 Å². The Bertz CT molecular complexity index is 1940. The molecule has 6 nitrogen and oxygen atoms in total. The highest BCUT2D eigenvalue weighted by Gasteiger charge is 2.31. The molecule has 271 valence electrons. The Labute approximate surface area is 316 Å². The average Bonchev–Trinajstić information content (AvgIpc) is 3.75. The Balaban J connectivity index is 1.01. The summed E-state index contributed by atoms with van der Waals surface area (Å²) in [6.07, 6.45) is 4.51. The molecule has 0 bridgehead atoms. The number of nitrogens with zero attached hydrogens (tertiary/aromatic N) is 3. The Morgan fingerprint density at radius 2 is 1.50 bits per heavy atom. The number of rotatable bonds is 10. The lowest BCUT2D eigenvalue weighted by Crippen LogP contribution is -2.47. The Hall–Kier alpha value is -3.82. The van der Waals surface area contributed by atoms with E-state index in [0.29, 0.717) is 5.92 Å². The Morgan fingerprint density at radius 3 is 2.15 bits per heavy atom. The number of nitrogens with one attached hydrogen (secondary N) is 1. The molecule has 1 saturated carbocycles. The van der Waals surface area contributed by atoms with Gasteiger partial charge in [0.2, 0.25) is 0 Å². The van der Waals surface area contributed by atoms with Crippen LogP contribution in [0.4, 0.5) is 11.5 Å². The zero-order valence-electron chi connectivity index (χ0n) is 31.8. The van der Waals surface area contributed by atoms with Crippen molar-refractivity contribution in [2.24, 2.45) is 0 Å². The van der Waals surface area contributed by atoms with Crippen molar-refractivity contribution in [2.75, 3.05) is 12.4 Å². The molecule has 0 spiro atoms.